The van der Waals surface area contributed by atoms with Crippen LogP contribution < -0.4 is 10.3 Å². The van der Waals surface area contributed by atoms with E-state index in [0.29, 0.717) is 16.2 Å². The molecular weight excluding hydrogens is 288 g/mol. The predicted molar refractivity (Wildman–Crippen MR) is 82.9 cm³/mol. The van der Waals surface area contributed by atoms with Crippen molar-refractivity contribution in [2.45, 2.75) is 0 Å². The Labute approximate surface area is 124 Å². The van der Waals surface area contributed by atoms with Gasteiger partial charge >= 0.3 is 0 Å². The Morgan fingerprint density at radius 2 is 2.05 bits per heavy atom. The van der Waals surface area contributed by atoms with Crippen molar-refractivity contribution in [3.8, 4) is 5.75 Å². The van der Waals surface area contributed by atoms with Gasteiger partial charge in [0.2, 0.25) is 4.77 Å². The summed E-state index contributed by atoms with van der Waals surface area (Å²) < 4.78 is 6.83. The van der Waals surface area contributed by atoms with Crippen LogP contribution in [0.1, 0.15) is 11.4 Å². The maximum atomic E-state index is 11.3. The fourth-order valence-corrected chi connectivity index (χ4v) is 2.16. The van der Waals surface area contributed by atoms with Crippen LogP contribution in [-0.2, 0) is 0 Å². The summed E-state index contributed by atoms with van der Waals surface area (Å²) in [6.07, 6.45) is 3.70. The van der Waals surface area contributed by atoms with Crippen LogP contribution in [0.5, 0.6) is 5.75 Å². The average Bonchev–Trinajstić information content (AvgIpc) is 2.87. The van der Waals surface area contributed by atoms with Gasteiger partial charge in [0.25, 0.3) is 5.56 Å². The van der Waals surface area contributed by atoms with E-state index in [1.54, 1.807) is 13.2 Å². The first-order valence-electron chi connectivity index (χ1n) is 6.20. The maximum Gasteiger partial charge on any atom is 0.266 e. The van der Waals surface area contributed by atoms with E-state index in [4.69, 9.17) is 17.0 Å². The molecule has 2 aromatic heterocycles. The summed E-state index contributed by atoms with van der Waals surface area (Å²) in [5.74, 6) is 1.38. The molecule has 3 aromatic rings. The van der Waals surface area contributed by atoms with E-state index < -0.39 is 0 Å². The number of hydrogen-bond donors (Lipinski definition) is 2. The topological polar surface area (TPSA) is 75.2 Å². The van der Waals surface area contributed by atoms with Gasteiger partial charge in [0, 0.05) is 6.07 Å². The standard InChI is InChI=1S/C14H12N4O2S/c1-20-10-5-2-9(3-6-10)4-7-11-15-12-8-13(19)17-18(12)14(21)16-11/h2-8H,1H3,(H,17,19)(H,15,16,21)/b7-4+. The van der Waals surface area contributed by atoms with Crippen molar-refractivity contribution in [1.82, 2.24) is 19.6 Å². The Morgan fingerprint density at radius 3 is 2.76 bits per heavy atom. The van der Waals surface area contributed by atoms with Gasteiger partial charge in [-0.1, -0.05) is 18.2 Å². The monoisotopic (exact) mass is 300 g/mol. The molecule has 0 aliphatic carbocycles. The highest BCUT2D eigenvalue weighted by molar-refractivity contribution is 7.71. The molecule has 1 aromatic carbocycles. The number of benzene rings is 1. The number of fused-ring (bicyclic) bond motifs is 1. The van der Waals surface area contributed by atoms with E-state index in [1.807, 2.05) is 30.3 Å². The molecule has 2 N–H and O–H groups in total. The fraction of sp³-hybridized carbons (Fsp3) is 0.0714. The third kappa shape index (κ3) is 2.77. The third-order valence-corrected chi connectivity index (χ3v) is 3.22. The number of rotatable bonds is 3. The summed E-state index contributed by atoms with van der Waals surface area (Å²) in [5, 5.41) is 2.57. The van der Waals surface area contributed by atoms with Crippen molar-refractivity contribution in [3.05, 3.63) is 56.8 Å². The Balaban J connectivity index is 1.94. The first-order chi connectivity index (χ1) is 10.2. The van der Waals surface area contributed by atoms with Crippen LogP contribution in [0.2, 0.25) is 0 Å². The van der Waals surface area contributed by atoms with Gasteiger partial charge in [-0.2, -0.15) is 0 Å². The van der Waals surface area contributed by atoms with Crippen molar-refractivity contribution in [2.75, 3.05) is 7.11 Å². The van der Waals surface area contributed by atoms with Crippen LogP contribution in [0.3, 0.4) is 0 Å². The second-order valence-corrected chi connectivity index (χ2v) is 4.72. The van der Waals surface area contributed by atoms with Gasteiger partial charge < -0.3 is 9.72 Å². The predicted octanol–water partition coefficient (Wildman–Crippen LogP) is 2.26. The fourth-order valence-electron chi connectivity index (χ4n) is 1.92. The minimum atomic E-state index is -0.226. The lowest BCUT2D eigenvalue weighted by atomic mass is 10.2. The highest BCUT2D eigenvalue weighted by Gasteiger charge is 2.00. The zero-order chi connectivity index (χ0) is 14.8. The molecule has 7 heteroatoms. The van der Waals surface area contributed by atoms with Crippen molar-refractivity contribution < 1.29 is 4.74 Å². The van der Waals surface area contributed by atoms with Crippen LogP contribution in [-0.4, -0.2) is 26.7 Å². The number of nitrogens with one attached hydrogen (secondary N) is 2. The number of hydrogen-bond acceptors (Lipinski definition) is 4. The van der Waals surface area contributed by atoms with E-state index >= 15 is 0 Å². The first kappa shape index (κ1) is 13.3. The number of nitrogens with zero attached hydrogens (tertiary/aromatic N) is 2. The van der Waals surface area contributed by atoms with Gasteiger partial charge in [0.1, 0.15) is 17.2 Å². The van der Waals surface area contributed by atoms with Crippen molar-refractivity contribution >= 4 is 30.0 Å². The largest absolute Gasteiger partial charge is 0.497 e. The molecule has 0 radical (unpaired) electrons. The van der Waals surface area contributed by atoms with E-state index in [-0.39, 0.29) is 5.56 Å². The molecule has 0 saturated carbocycles. The van der Waals surface area contributed by atoms with Gasteiger partial charge in [-0.3, -0.25) is 9.89 Å². The SMILES string of the molecule is COc1ccc(/C=C/c2nc(=S)n3[nH]c(=O)cc3[nH]2)cc1. The number of H-pyrrole nitrogens is 2. The van der Waals surface area contributed by atoms with Gasteiger partial charge in [-0.15, -0.1) is 0 Å². The van der Waals surface area contributed by atoms with Crippen LogP contribution >= 0.6 is 12.2 Å². The van der Waals surface area contributed by atoms with E-state index in [1.165, 1.54) is 10.6 Å². The van der Waals surface area contributed by atoms with E-state index in [9.17, 15) is 4.79 Å². The van der Waals surface area contributed by atoms with Gasteiger partial charge in [0.15, 0.2) is 0 Å². The molecule has 0 unspecified atom stereocenters. The summed E-state index contributed by atoms with van der Waals surface area (Å²) in [7, 11) is 1.63. The molecule has 6 nitrogen and oxygen atoms in total. The summed E-state index contributed by atoms with van der Waals surface area (Å²) >= 11 is 5.13. The lowest BCUT2D eigenvalue weighted by Crippen LogP contribution is -2.01. The molecule has 2 heterocycles. The number of ether oxygens (including phenoxy) is 1. The minimum absolute atomic E-state index is 0.226. The smallest absolute Gasteiger partial charge is 0.266 e. The minimum Gasteiger partial charge on any atom is -0.497 e. The molecule has 106 valence electrons. The quantitative estimate of drug-likeness (QED) is 0.728. The van der Waals surface area contributed by atoms with Crippen molar-refractivity contribution in [2.24, 2.45) is 0 Å². The second-order valence-electron chi connectivity index (χ2n) is 4.35. The maximum absolute atomic E-state index is 11.3. The molecule has 0 atom stereocenters. The normalized spacial score (nSPS) is 11.3. The molecule has 0 saturated heterocycles. The lowest BCUT2D eigenvalue weighted by Gasteiger charge is -2.00. The zero-order valence-corrected chi connectivity index (χ0v) is 12.0. The Morgan fingerprint density at radius 1 is 1.29 bits per heavy atom. The van der Waals surface area contributed by atoms with Crippen molar-refractivity contribution in [1.29, 1.82) is 0 Å². The van der Waals surface area contributed by atoms with E-state index in [0.717, 1.165) is 11.3 Å². The molecule has 0 spiro atoms. The summed E-state index contributed by atoms with van der Waals surface area (Å²) in [4.78, 5) is 18.5. The molecule has 0 aliphatic rings. The van der Waals surface area contributed by atoms with Crippen LogP contribution in [0.4, 0.5) is 0 Å². The molecule has 0 fully saturated rings. The number of aromatic amines is 2. The molecule has 0 amide bonds. The van der Waals surface area contributed by atoms with Crippen molar-refractivity contribution in [3.63, 3.8) is 0 Å². The highest BCUT2D eigenvalue weighted by Crippen LogP contribution is 2.13. The van der Waals surface area contributed by atoms with Gasteiger partial charge in [-0.05, 0) is 36.0 Å². The Bertz CT molecular complexity index is 919. The first-order valence-corrected chi connectivity index (χ1v) is 6.61. The molecule has 0 bridgehead atoms. The summed E-state index contributed by atoms with van der Waals surface area (Å²) in [5.41, 5.74) is 1.35. The number of methoxy groups -OCH3 is 1. The summed E-state index contributed by atoms with van der Waals surface area (Å²) in [6, 6.07) is 9.06. The van der Waals surface area contributed by atoms with Gasteiger partial charge in [-0.25, -0.2) is 9.50 Å². The van der Waals surface area contributed by atoms with Crippen LogP contribution in [0.25, 0.3) is 17.8 Å². The molecule has 21 heavy (non-hydrogen) atoms. The third-order valence-electron chi connectivity index (χ3n) is 2.94. The number of aromatic nitrogens is 4. The van der Waals surface area contributed by atoms with Crippen LogP contribution in [0, 0.1) is 4.77 Å². The zero-order valence-electron chi connectivity index (χ0n) is 11.2. The second kappa shape index (κ2) is 5.37. The molecule has 0 aliphatic heterocycles. The Hall–Kier alpha value is -2.67. The molecule has 3 rings (SSSR count). The lowest BCUT2D eigenvalue weighted by molar-refractivity contribution is 0.415. The van der Waals surface area contributed by atoms with E-state index in [2.05, 4.69) is 15.1 Å². The average molecular weight is 300 g/mol. The van der Waals surface area contributed by atoms with Gasteiger partial charge in [0.05, 0.1) is 7.11 Å². The highest BCUT2D eigenvalue weighted by atomic mass is 32.1. The molecular formula is C14H12N4O2S. The van der Waals surface area contributed by atoms with Crippen LogP contribution in [0.15, 0.2) is 35.1 Å². The summed E-state index contributed by atoms with van der Waals surface area (Å²) in [6.45, 7) is 0. The Kier molecular flexibility index (Phi) is 3.41.